The van der Waals surface area contributed by atoms with Gasteiger partial charge in [-0.15, -0.1) is 0 Å². The molecule has 0 radical (unpaired) electrons. The second-order valence-electron chi connectivity index (χ2n) is 4.40. The maximum Gasteiger partial charge on any atom is 0.341 e. The molecule has 0 heterocycles. The van der Waals surface area contributed by atoms with E-state index in [0.29, 0.717) is 13.0 Å². The van der Waals surface area contributed by atoms with E-state index in [1.165, 1.54) is 14.2 Å². The summed E-state index contributed by atoms with van der Waals surface area (Å²) in [6.07, 6.45) is 2.93. The third-order valence-corrected chi connectivity index (χ3v) is 5.24. The van der Waals surface area contributed by atoms with Gasteiger partial charge < -0.3 is 13.8 Å². The van der Waals surface area contributed by atoms with Crippen LogP contribution in [0.3, 0.4) is 0 Å². The summed E-state index contributed by atoms with van der Waals surface area (Å²) in [4.78, 5) is 12.2. The fourth-order valence-electron chi connectivity index (χ4n) is 1.86. The van der Waals surface area contributed by atoms with Crippen molar-refractivity contribution in [2.45, 2.75) is 51.6 Å². The lowest BCUT2D eigenvalue weighted by atomic mass is 10.1. The topological polar surface area (TPSA) is 85.7 Å². The number of hydrogen-bond donors (Lipinski definition) is 1. The highest BCUT2D eigenvalue weighted by atomic mass is 31.2. The molecule has 1 atom stereocenters. The quantitative estimate of drug-likeness (QED) is 0.274. The van der Waals surface area contributed by atoms with Crippen molar-refractivity contribution < 1.29 is 23.1 Å². The first-order chi connectivity index (χ1) is 9.45. The minimum atomic E-state index is -3.54. The first-order valence-corrected chi connectivity index (χ1v) is 8.50. The predicted molar refractivity (Wildman–Crippen MR) is 78.5 cm³/mol. The average Bonchev–Trinajstić information content (AvgIpc) is 2.44. The first-order valence-electron chi connectivity index (χ1n) is 6.89. The van der Waals surface area contributed by atoms with E-state index < -0.39 is 13.3 Å². The molecule has 0 bridgehead atoms. The van der Waals surface area contributed by atoms with Crippen LogP contribution in [-0.2, 0) is 23.1 Å². The molecule has 20 heavy (non-hydrogen) atoms. The Morgan fingerprint density at radius 3 is 2.25 bits per heavy atom. The van der Waals surface area contributed by atoms with E-state index in [1.54, 1.807) is 6.92 Å². The van der Waals surface area contributed by atoms with Gasteiger partial charge in [-0.25, -0.2) is 0 Å². The number of nitrogens with one attached hydrogen (secondary N) is 1. The van der Waals surface area contributed by atoms with Gasteiger partial charge in [-0.2, -0.15) is 0 Å². The molecule has 0 aliphatic rings. The van der Waals surface area contributed by atoms with Gasteiger partial charge in [0.25, 0.3) is 0 Å². The van der Waals surface area contributed by atoms with Crippen LogP contribution in [0.15, 0.2) is 0 Å². The van der Waals surface area contributed by atoms with Crippen molar-refractivity contribution >= 4 is 19.3 Å². The van der Waals surface area contributed by atoms with Crippen molar-refractivity contribution in [1.29, 1.82) is 5.41 Å². The Bertz CT molecular complexity index is 351. The van der Waals surface area contributed by atoms with Crippen molar-refractivity contribution in [2.24, 2.45) is 0 Å². The standard InChI is InChI=1S/C13H26NO5P/c1-5-7-8-9-11(15)12(10-13(14)19-6-2)20(16,17-3)18-4/h12,14H,5-10H2,1-4H3. The number of ether oxygens (including phenoxy) is 1. The molecule has 1 unspecified atom stereocenters. The van der Waals surface area contributed by atoms with Gasteiger partial charge in [0.15, 0.2) is 5.90 Å². The van der Waals surface area contributed by atoms with Gasteiger partial charge in [-0.3, -0.25) is 14.8 Å². The lowest BCUT2D eigenvalue weighted by Gasteiger charge is -2.23. The molecule has 0 aromatic rings. The smallest absolute Gasteiger partial charge is 0.341 e. The highest BCUT2D eigenvalue weighted by Gasteiger charge is 2.40. The molecule has 0 aromatic heterocycles. The molecule has 118 valence electrons. The van der Waals surface area contributed by atoms with Crippen molar-refractivity contribution in [3.05, 3.63) is 0 Å². The van der Waals surface area contributed by atoms with Crippen molar-refractivity contribution in [3.63, 3.8) is 0 Å². The summed E-state index contributed by atoms with van der Waals surface area (Å²) in [7, 11) is -1.04. The van der Waals surface area contributed by atoms with Gasteiger partial charge in [0.2, 0.25) is 0 Å². The third-order valence-electron chi connectivity index (χ3n) is 2.99. The summed E-state index contributed by atoms with van der Waals surface area (Å²) in [6.45, 7) is 4.13. The van der Waals surface area contributed by atoms with E-state index in [2.05, 4.69) is 0 Å². The van der Waals surface area contributed by atoms with Crippen molar-refractivity contribution in [3.8, 4) is 0 Å². The molecule has 0 saturated carbocycles. The van der Waals surface area contributed by atoms with Gasteiger partial charge in [0.1, 0.15) is 11.4 Å². The Hall–Kier alpha value is -0.710. The average molecular weight is 307 g/mol. The first kappa shape index (κ1) is 19.3. The van der Waals surface area contributed by atoms with Crippen molar-refractivity contribution in [1.82, 2.24) is 0 Å². The molecule has 0 aromatic carbocycles. The van der Waals surface area contributed by atoms with Gasteiger partial charge in [0, 0.05) is 27.1 Å². The monoisotopic (exact) mass is 307 g/mol. The Labute approximate surface area is 121 Å². The normalized spacial score (nSPS) is 13.0. The molecular formula is C13H26NO5P. The van der Waals surface area contributed by atoms with E-state index in [-0.39, 0.29) is 18.1 Å². The van der Waals surface area contributed by atoms with E-state index in [4.69, 9.17) is 19.2 Å². The fourth-order valence-corrected chi connectivity index (χ4v) is 3.38. The summed E-state index contributed by atoms with van der Waals surface area (Å²) in [5.74, 6) is -0.273. The summed E-state index contributed by atoms with van der Waals surface area (Å²) in [5, 5.41) is 7.65. The maximum atomic E-state index is 12.4. The highest BCUT2D eigenvalue weighted by molar-refractivity contribution is 7.55. The maximum absolute atomic E-state index is 12.4. The SMILES string of the molecule is CCCCCC(=O)C(CC(=N)OCC)P(=O)(OC)OC. The minimum Gasteiger partial charge on any atom is -0.481 e. The fraction of sp³-hybridized carbons (Fsp3) is 0.846. The summed E-state index contributed by atoms with van der Waals surface area (Å²) in [6, 6.07) is 0. The van der Waals surface area contributed by atoms with Crippen LogP contribution in [0.5, 0.6) is 0 Å². The zero-order valence-corrected chi connectivity index (χ0v) is 13.7. The Balaban J connectivity index is 4.91. The molecule has 6 nitrogen and oxygen atoms in total. The third kappa shape index (κ3) is 6.16. The Morgan fingerprint density at radius 2 is 1.80 bits per heavy atom. The van der Waals surface area contributed by atoms with Crippen LogP contribution in [0.25, 0.3) is 0 Å². The molecular weight excluding hydrogens is 281 g/mol. The summed E-state index contributed by atoms with van der Waals surface area (Å²) < 4.78 is 27.3. The van der Waals surface area contributed by atoms with Crippen molar-refractivity contribution in [2.75, 3.05) is 20.8 Å². The van der Waals surface area contributed by atoms with Crippen LogP contribution in [-0.4, -0.2) is 38.2 Å². The molecule has 7 heteroatoms. The number of hydrogen-bond acceptors (Lipinski definition) is 6. The Morgan fingerprint density at radius 1 is 1.20 bits per heavy atom. The van der Waals surface area contributed by atoms with E-state index >= 15 is 0 Å². The lowest BCUT2D eigenvalue weighted by Crippen LogP contribution is -2.26. The number of unbranched alkanes of at least 4 members (excludes halogenated alkanes) is 2. The summed E-state index contributed by atoms with van der Waals surface area (Å²) in [5.41, 5.74) is -0.964. The Kier molecular flexibility index (Phi) is 9.72. The van der Waals surface area contributed by atoms with Crippen LogP contribution in [0.1, 0.15) is 46.0 Å². The van der Waals surface area contributed by atoms with Gasteiger partial charge in [-0.05, 0) is 13.3 Å². The van der Waals surface area contributed by atoms with Crippen LogP contribution in [0.2, 0.25) is 0 Å². The number of carbonyl (C=O) groups is 1. The van der Waals surface area contributed by atoms with Gasteiger partial charge in [-0.1, -0.05) is 19.8 Å². The van der Waals surface area contributed by atoms with E-state index in [0.717, 1.165) is 19.3 Å². The minimum absolute atomic E-state index is 0.0578. The van der Waals surface area contributed by atoms with E-state index in [1.807, 2.05) is 6.92 Å². The zero-order chi connectivity index (χ0) is 15.6. The number of Topliss-reactive ketones (excluding diaryl/α,β-unsaturated/α-hetero) is 1. The van der Waals surface area contributed by atoms with Gasteiger partial charge >= 0.3 is 7.60 Å². The van der Waals surface area contributed by atoms with Crippen LogP contribution < -0.4 is 0 Å². The molecule has 0 amide bonds. The van der Waals surface area contributed by atoms with E-state index in [9.17, 15) is 9.36 Å². The highest BCUT2D eigenvalue weighted by Crippen LogP contribution is 2.53. The van der Waals surface area contributed by atoms with Crippen LogP contribution in [0, 0.1) is 5.41 Å². The largest absolute Gasteiger partial charge is 0.481 e. The predicted octanol–water partition coefficient (Wildman–Crippen LogP) is 3.39. The van der Waals surface area contributed by atoms with Crippen LogP contribution >= 0.6 is 7.60 Å². The molecule has 0 saturated heterocycles. The van der Waals surface area contributed by atoms with Gasteiger partial charge in [0.05, 0.1) is 6.61 Å². The summed E-state index contributed by atoms with van der Waals surface area (Å²) >= 11 is 0. The molecule has 0 rings (SSSR count). The number of rotatable bonds is 11. The second kappa shape index (κ2) is 10.1. The second-order valence-corrected chi connectivity index (χ2v) is 6.84. The number of ketones is 1. The molecule has 1 N–H and O–H groups in total. The molecule has 0 aliphatic carbocycles. The molecule has 0 spiro atoms. The lowest BCUT2D eigenvalue weighted by molar-refractivity contribution is -0.119. The zero-order valence-electron chi connectivity index (χ0n) is 12.8. The number of carbonyl (C=O) groups excluding carboxylic acids is 1. The molecule has 0 aliphatic heterocycles. The van der Waals surface area contributed by atoms with Crippen LogP contribution in [0.4, 0.5) is 0 Å². The molecule has 0 fully saturated rings.